The molecule has 1 aromatic rings. The van der Waals surface area contributed by atoms with Crippen LogP contribution >= 0.6 is 11.8 Å². The molecule has 0 aromatic heterocycles. The highest BCUT2D eigenvalue weighted by Crippen LogP contribution is 2.23. The Labute approximate surface area is 118 Å². The molecular weight excluding hydrogens is 282 g/mol. The first-order chi connectivity index (χ1) is 8.89. The first-order valence-corrected chi connectivity index (χ1v) is 8.22. The minimum Gasteiger partial charge on any atom is -0.335 e. The highest BCUT2D eigenvalue weighted by Gasteiger charge is 2.18. The van der Waals surface area contributed by atoms with E-state index in [1.807, 2.05) is 6.07 Å². The van der Waals surface area contributed by atoms with Gasteiger partial charge in [-0.3, -0.25) is 4.99 Å². The molecule has 0 spiro atoms. The molecule has 0 saturated heterocycles. The lowest BCUT2D eigenvalue weighted by atomic mass is 10.3. The molecule has 0 fully saturated rings. The van der Waals surface area contributed by atoms with Gasteiger partial charge in [0, 0.05) is 25.0 Å². The summed E-state index contributed by atoms with van der Waals surface area (Å²) < 4.78 is 25.3. The number of anilines is 1. The van der Waals surface area contributed by atoms with Crippen molar-refractivity contribution < 1.29 is 8.42 Å². The summed E-state index contributed by atoms with van der Waals surface area (Å²) in [5, 5.41) is 4.46. The van der Waals surface area contributed by atoms with Crippen LogP contribution in [0.1, 0.15) is 6.92 Å². The Morgan fingerprint density at radius 3 is 2.74 bits per heavy atom. The van der Waals surface area contributed by atoms with Crippen molar-refractivity contribution in [2.45, 2.75) is 17.1 Å². The van der Waals surface area contributed by atoms with Crippen molar-refractivity contribution in [3.8, 4) is 0 Å². The van der Waals surface area contributed by atoms with E-state index >= 15 is 0 Å². The van der Waals surface area contributed by atoms with Crippen molar-refractivity contribution in [2.75, 3.05) is 26.0 Å². The summed E-state index contributed by atoms with van der Waals surface area (Å²) in [6.45, 7) is 2.90. The molecule has 19 heavy (non-hydrogen) atoms. The number of nitrogens with one attached hydrogen (secondary N) is 1. The Hall–Kier alpha value is -1.05. The third kappa shape index (κ3) is 3.29. The van der Waals surface area contributed by atoms with Gasteiger partial charge in [0.2, 0.25) is 10.0 Å². The number of sulfonamides is 1. The summed E-state index contributed by atoms with van der Waals surface area (Å²) in [6.07, 6.45) is 0. The van der Waals surface area contributed by atoms with E-state index in [4.69, 9.17) is 0 Å². The average molecular weight is 299 g/mol. The van der Waals surface area contributed by atoms with Crippen molar-refractivity contribution in [1.29, 1.82) is 0 Å². The maximum atomic E-state index is 12.0. The maximum Gasteiger partial charge on any atom is 0.242 e. The fourth-order valence-corrected chi connectivity index (χ4v) is 3.42. The van der Waals surface area contributed by atoms with Gasteiger partial charge in [-0.05, 0) is 18.2 Å². The number of rotatable bonds is 3. The van der Waals surface area contributed by atoms with Crippen molar-refractivity contribution in [3.63, 3.8) is 0 Å². The van der Waals surface area contributed by atoms with E-state index in [1.165, 1.54) is 18.4 Å². The van der Waals surface area contributed by atoms with Crippen molar-refractivity contribution >= 4 is 32.6 Å². The summed E-state index contributed by atoms with van der Waals surface area (Å²) in [4.78, 5) is 4.62. The Bertz CT molecular complexity index is 597. The molecule has 0 unspecified atom stereocenters. The summed E-state index contributed by atoms with van der Waals surface area (Å²) in [5.74, 6) is 0. The Balaban J connectivity index is 2.21. The van der Waals surface area contributed by atoms with E-state index in [1.54, 1.807) is 30.0 Å². The SMILES string of the molecule is C[C@H]1CN=C(Nc2cccc(S(=O)(=O)N(C)C)c2)S1. The van der Waals surface area contributed by atoms with Gasteiger partial charge in [0.25, 0.3) is 0 Å². The molecule has 5 nitrogen and oxygen atoms in total. The topological polar surface area (TPSA) is 61.8 Å². The van der Waals surface area contributed by atoms with Crippen LogP contribution in [0.2, 0.25) is 0 Å². The highest BCUT2D eigenvalue weighted by atomic mass is 32.2. The number of amidine groups is 1. The zero-order chi connectivity index (χ0) is 14.0. The lowest BCUT2D eigenvalue weighted by Crippen LogP contribution is -2.22. The zero-order valence-corrected chi connectivity index (χ0v) is 12.8. The summed E-state index contributed by atoms with van der Waals surface area (Å²) in [6, 6.07) is 6.78. The first kappa shape index (κ1) is 14.4. The van der Waals surface area contributed by atoms with Crippen LogP contribution in [-0.4, -0.2) is 43.8 Å². The van der Waals surface area contributed by atoms with Crippen molar-refractivity contribution in [3.05, 3.63) is 24.3 Å². The molecule has 0 radical (unpaired) electrons. The summed E-state index contributed by atoms with van der Waals surface area (Å²) >= 11 is 1.66. The van der Waals surface area contributed by atoms with Crippen LogP contribution in [0.15, 0.2) is 34.2 Å². The first-order valence-electron chi connectivity index (χ1n) is 5.90. The van der Waals surface area contributed by atoms with Gasteiger partial charge >= 0.3 is 0 Å². The molecule has 2 rings (SSSR count). The quantitative estimate of drug-likeness (QED) is 0.925. The van der Waals surface area contributed by atoms with Crippen LogP contribution in [0, 0.1) is 0 Å². The molecule has 0 bridgehead atoms. The molecule has 1 heterocycles. The second-order valence-electron chi connectivity index (χ2n) is 4.51. The number of thioether (sulfide) groups is 1. The van der Waals surface area contributed by atoms with Gasteiger partial charge in [-0.1, -0.05) is 24.8 Å². The second kappa shape index (κ2) is 5.52. The van der Waals surface area contributed by atoms with Crippen LogP contribution in [0.3, 0.4) is 0 Å². The van der Waals surface area contributed by atoms with E-state index in [0.29, 0.717) is 5.25 Å². The van der Waals surface area contributed by atoms with E-state index in [0.717, 1.165) is 17.4 Å². The monoisotopic (exact) mass is 299 g/mol. The van der Waals surface area contributed by atoms with E-state index < -0.39 is 10.0 Å². The number of hydrogen-bond donors (Lipinski definition) is 1. The number of aliphatic imine (C=N–C) groups is 1. The molecule has 104 valence electrons. The van der Waals surface area contributed by atoms with Gasteiger partial charge in [0.05, 0.1) is 11.4 Å². The molecule has 0 aliphatic carbocycles. The Kier molecular flexibility index (Phi) is 4.17. The number of hydrogen-bond acceptors (Lipinski definition) is 5. The predicted molar refractivity (Wildman–Crippen MR) is 80.3 cm³/mol. The number of benzene rings is 1. The van der Waals surface area contributed by atoms with Crippen LogP contribution in [0.5, 0.6) is 0 Å². The van der Waals surface area contributed by atoms with E-state index in [-0.39, 0.29) is 4.90 Å². The fourth-order valence-electron chi connectivity index (χ4n) is 1.61. The summed E-state index contributed by atoms with van der Waals surface area (Å²) in [7, 11) is -0.353. The third-order valence-electron chi connectivity index (χ3n) is 2.67. The van der Waals surface area contributed by atoms with Gasteiger partial charge in [0.15, 0.2) is 5.17 Å². The second-order valence-corrected chi connectivity index (χ2v) is 8.09. The van der Waals surface area contributed by atoms with Crippen LogP contribution in [0.25, 0.3) is 0 Å². The smallest absolute Gasteiger partial charge is 0.242 e. The van der Waals surface area contributed by atoms with Gasteiger partial charge in [-0.15, -0.1) is 0 Å². The lowest BCUT2D eigenvalue weighted by molar-refractivity contribution is 0.521. The highest BCUT2D eigenvalue weighted by molar-refractivity contribution is 8.15. The molecule has 1 aromatic carbocycles. The standard InChI is InChI=1S/C12H17N3O2S2/c1-9-8-13-12(18-9)14-10-5-4-6-11(7-10)19(16,17)15(2)3/h4-7,9H,8H2,1-3H3,(H,13,14)/t9-/m0/s1. The third-order valence-corrected chi connectivity index (χ3v) is 5.49. The summed E-state index contributed by atoms with van der Waals surface area (Å²) in [5.41, 5.74) is 0.739. The van der Waals surface area contributed by atoms with Crippen LogP contribution in [-0.2, 0) is 10.0 Å². The lowest BCUT2D eigenvalue weighted by Gasteiger charge is -2.13. The van der Waals surface area contributed by atoms with E-state index in [9.17, 15) is 8.42 Å². The van der Waals surface area contributed by atoms with E-state index in [2.05, 4.69) is 17.2 Å². The normalized spacial score (nSPS) is 19.6. The van der Waals surface area contributed by atoms with Crippen LogP contribution < -0.4 is 5.32 Å². The molecule has 0 saturated carbocycles. The molecule has 0 amide bonds. The molecule has 7 heteroatoms. The average Bonchev–Trinajstić information content (AvgIpc) is 2.75. The predicted octanol–water partition coefficient (Wildman–Crippen LogP) is 1.84. The van der Waals surface area contributed by atoms with Gasteiger partial charge < -0.3 is 5.32 Å². The van der Waals surface area contributed by atoms with Gasteiger partial charge in [-0.2, -0.15) is 0 Å². The molecule has 1 aliphatic heterocycles. The number of nitrogens with zero attached hydrogens (tertiary/aromatic N) is 2. The zero-order valence-electron chi connectivity index (χ0n) is 11.1. The van der Waals surface area contributed by atoms with Crippen molar-refractivity contribution in [2.24, 2.45) is 4.99 Å². The van der Waals surface area contributed by atoms with Crippen molar-refractivity contribution in [1.82, 2.24) is 4.31 Å². The maximum absolute atomic E-state index is 12.0. The Morgan fingerprint density at radius 1 is 1.42 bits per heavy atom. The Morgan fingerprint density at radius 2 is 2.16 bits per heavy atom. The largest absolute Gasteiger partial charge is 0.335 e. The molecule has 1 aliphatic rings. The molecule has 1 atom stereocenters. The van der Waals surface area contributed by atoms with Gasteiger partial charge in [-0.25, -0.2) is 12.7 Å². The van der Waals surface area contributed by atoms with Gasteiger partial charge in [0.1, 0.15) is 0 Å². The molecular formula is C12H17N3O2S2. The minimum absolute atomic E-state index is 0.277. The fraction of sp³-hybridized carbons (Fsp3) is 0.417. The van der Waals surface area contributed by atoms with Crippen LogP contribution in [0.4, 0.5) is 5.69 Å². The molecule has 1 N–H and O–H groups in total. The minimum atomic E-state index is -3.40.